The maximum absolute atomic E-state index is 14.1. The highest BCUT2D eigenvalue weighted by Gasteiger charge is 2.72. The Morgan fingerprint density at radius 3 is 2.48 bits per heavy atom. The molecule has 1 fully saturated rings. The number of aliphatic imine (C=N–C) groups is 1. The number of benzene rings is 2. The molecule has 0 aromatic heterocycles. The summed E-state index contributed by atoms with van der Waals surface area (Å²) in [4.78, 5) is 16.3. The quantitative estimate of drug-likeness (QED) is 0.768. The molecule has 2 aliphatic rings. The van der Waals surface area contributed by atoms with E-state index in [0.29, 0.717) is 16.8 Å². The summed E-state index contributed by atoms with van der Waals surface area (Å²) in [7, 11) is 0. The molecule has 2 aromatic rings. The SMILES string of the molecule is O=C(NC1=Nc2ccc(C(F)(F)F)cc2C1)C1C(c2ccccc2)C1(F)F. The van der Waals surface area contributed by atoms with Gasteiger partial charge in [0.15, 0.2) is 0 Å². The first kappa shape index (κ1) is 17.6. The summed E-state index contributed by atoms with van der Waals surface area (Å²) in [5.41, 5.74) is 0.138. The smallest absolute Gasteiger partial charge is 0.313 e. The van der Waals surface area contributed by atoms with Crippen molar-refractivity contribution in [1.82, 2.24) is 5.32 Å². The van der Waals surface area contributed by atoms with Gasteiger partial charge in [-0.15, -0.1) is 0 Å². The van der Waals surface area contributed by atoms with Gasteiger partial charge in [-0.05, 0) is 29.3 Å². The molecule has 4 rings (SSSR count). The fourth-order valence-corrected chi connectivity index (χ4v) is 3.40. The van der Waals surface area contributed by atoms with Gasteiger partial charge in [0.25, 0.3) is 5.92 Å². The molecule has 1 saturated carbocycles. The monoisotopic (exact) mass is 380 g/mol. The predicted octanol–water partition coefficient (Wildman–Crippen LogP) is 4.46. The molecular formula is C19H13F5N2O. The van der Waals surface area contributed by atoms with Gasteiger partial charge in [-0.25, -0.2) is 13.8 Å². The number of carbonyl (C=O) groups excluding carboxylic acids is 1. The lowest BCUT2D eigenvalue weighted by atomic mass is 10.1. The van der Waals surface area contributed by atoms with Gasteiger partial charge in [-0.2, -0.15) is 13.2 Å². The van der Waals surface area contributed by atoms with Gasteiger partial charge in [0.2, 0.25) is 5.91 Å². The molecule has 2 atom stereocenters. The summed E-state index contributed by atoms with van der Waals surface area (Å²) in [6, 6.07) is 11.1. The summed E-state index contributed by atoms with van der Waals surface area (Å²) < 4.78 is 66.5. The second-order valence-corrected chi connectivity index (χ2v) is 6.61. The molecule has 0 radical (unpaired) electrons. The number of hydrogen-bond acceptors (Lipinski definition) is 2. The molecule has 1 N–H and O–H groups in total. The molecule has 8 heteroatoms. The first-order valence-corrected chi connectivity index (χ1v) is 8.19. The average molecular weight is 380 g/mol. The van der Waals surface area contributed by atoms with E-state index in [-0.39, 0.29) is 12.3 Å². The van der Waals surface area contributed by atoms with Gasteiger partial charge >= 0.3 is 6.18 Å². The number of hydrogen-bond donors (Lipinski definition) is 1. The topological polar surface area (TPSA) is 41.5 Å². The number of alkyl halides is 5. The summed E-state index contributed by atoms with van der Waals surface area (Å²) >= 11 is 0. The molecule has 0 bridgehead atoms. The zero-order valence-electron chi connectivity index (χ0n) is 13.7. The molecule has 1 heterocycles. The molecule has 0 spiro atoms. The van der Waals surface area contributed by atoms with E-state index in [0.717, 1.165) is 12.1 Å². The van der Waals surface area contributed by atoms with E-state index in [9.17, 15) is 26.7 Å². The highest BCUT2D eigenvalue weighted by atomic mass is 19.4. The Bertz CT molecular complexity index is 937. The van der Waals surface area contributed by atoms with Crippen LogP contribution in [0.2, 0.25) is 0 Å². The normalized spacial score (nSPS) is 22.8. The van der Waals surface area contributed by atoms with E-state index in [1.54, 1.807) is 18.2 Å². The van der Waals surface area contributed by atoms with E-state index in [2.05, 4.69) is 10.3 Å². The van der Waals surface area contributed by atoms with Crippen molar-refractivity contribution in [3.8, 4) is 0 Å². The number of carbonyl (C=O) groups is 1. The lowest BCUT2D eigenvalue weighted by molar-refractivity contribution is -0.137. The fourth-order valence-electron chi connectivity index (χ4n) is 3.40. The molecule has 2 unspecified atom stereocenters. The largest absolute Gasteiger partial charge is 0.416 e. The third kappa shape index (κ3) is 3.09. The Kier molecular flexibility index (Phi) is 3.83. The van der Waals surface area contributed by atoms with E-state index < -0.39 is 35.4 Å². The Morgan fingerprint density at radius 2 is 1.81 bits per heavy atom. The van der Waals surface area contributed by atoms with E-state index >= 15 is 0 Å². The minimum absolute atomic E-state index is 0.0424. The van der Waals surface area contributed by atoms with Crippen molar-refractivity contribution in [3.63, 3.8) is 0 Å². The van der Waals surface area contributed by atoms with Crippen molar-refractivity contribution in [1.29, 1.82) is 0 Å². The van der Waals surface area contributed by atoms with E-state index in [1.807, 2.05) is 0 Å². The molecule has 3 nitrogen and oxygen atoms in total. The van der Waals surface area contributed by atoms with Crippen LogP contribution < -0.4 is 5.32 Å². The number of amides is 1. The third-order valence-electron chi connectivity index (χ3n) is 4.78. The van der Waals surface area contributed by atoms with E-state index in [1.165, 1.54) is 18.2 Å². The number of halogens is 5. The standard InChI is InChI=1S/C19H13F5N2O/c20-18(21)15(10-4-2-1-3-5-10)16(18)17(27)26-14-9-11-8-12(19(22,23)24)6-7-13(11)25-14/h1-8,15-16H,9H2,(H,25,26,27). The summed E-state index contributed by atoms with van der Waals surface area (Å²) in [5, 5.41) is 2.35. The zero-order chi connectivity index (χ0) is 19.4. The Hall–Kier alpha value is -2.77. The van der Waals surface area contributed by atoms with Gasteiger partial charge in [-0.3, -0.25) is 4.79 Å². The molecule has 27 heavy (non-hydrogen) atoms. The van der Waals surface area contributed by atoms with Crippen LogP contribution in [0.4, 0.5) is 27.6 Å². The van der Waals surface area contributed by atoms with Crippen molar-refractivity contribution in [2.45, 2.75) is 24.4 Å². The first-order chi connectivity index (χ1) is 12.7. The van der Waals surface area contributed by atoms with Crippen LogP contribution in [0.25, 0.3) is 0 Å². The second-order valence-electron chi connectivity index (χ2n) is 6.61. The lowest BCUT2D eigenvalue weighted by Gasteiger charge is -2.07. The average Bonchev–Trinajstić information content (AvgIpc) is 2.96. The zero-order valence-corrected chi connectivity index (χ0v) is 13.7. The summed E-state index contributed by atoms with van der Waals surface area (Å²) in [6.45, 7) is 0. The number of amidine groups is 1. The molecule has 1 amide bonds. The maximum atomic E-state index is 14.1. The van der Waals surface area contributed by atoms with E-state index in [4.69, 9.17) is 0 Å². The predicted molar refractivity (Wildman–Crippen MR) is 88.0 cm³/mol. The molecule has 140 valence electrons. The Labute approximate surface area is 150 Å². The fraction of sp³-hybridized carbons (Fsp3) is 0.263. The molecular weight excluding hydrogens is 367 g/mol. The summed E-state index contributed by atoms with van der Waals surface area (Å²) in [5.74, 6) is -6.70. The van der Waals surface area contributed by atoms with Crippen molar-refractivity contribution in [2.24, 2.45) is 10.9 Å². The van der Waals surface area contributed by atoms with Crippen LogP contribution in [0.5, 0.6) is 0 Å². The van der Waals surface area contributed by atoms with Crippen LogP contribution >= 0.6 is 0 Å². The minimum Gasteiger partial charge on any atom is -0.313 e. The molecule has 0 saturated heterocycles. The van der Waals surface area contributed by atoms with Gasteiger partial charge in [-0.1, -0.05) is 30.3 Å². The number of nitrogens with zero attached hydrogens (tertiary/aromatic N) is 1. The summed E-state index contributed by atoms with van der Waals surface area (Å²) in [6.07, 6.45) is -4.53. The van der Waals surface area contributed by atoms with Crippen LogP contribution in [0.1, 0.15) is 22.6 Å². The van der Waals surface area contributed by atoms with Crippen molar-refractivity contribution in [2.75, 3.05) is 0 Å². The first-order valence-electron chi connectivity index (χ1n) is 8.19. The number of nitrogens with one attached hydrogen (secondary N) is 1. The van der Waals surface area contributed by atoms with Crippen LogP contribution in [0, 0.1) is 5.92 Å². The van der Waals surface area contributed by atoms with Crippen LogP contribution in [-0.4, -0.2) is 17.7 Å². The van der Waals surface area contributed by atoms with Crippen LogP contribution in [0.15, 0.2) is 53.5 Å². The van der Waals surface area contributed by atoms with Crippen LogP contribution in [-0.2, 0) is 17.4 Å². The minimum atomic E-state index is -4.49. The lowest BCUT2D eigenvalue weighted by Crippen LogP contribution is -2.33. The molecule has 1 aliphatic carbocycles. The molecule has 2 aromatic carbocycles. The highest BCUT2D eigenvalue weighted by Crippen LogP contribution is 2.61. The third-order valence-corrected chi connectivity index (χ3v) is 4.78. The Morgan fingerprint density at radius 1 is 1.11 bits per heavy atom. The highest BCUT2D eigenvalue weighted by molar-refractivity contribution is 6.05. The number of fused-ring (bicyclic) bond motifs is 1. The molecule has 1 aliphatic heterocycles. The van der Waals surface area contributed by atoms with Gasteiger partial charge in [0.05, 0.1) is 17.2 Å². The Balaban J connectivity index is 1.47. The maximum Gasteiger partial charge on any atom is 0.416 e. The van der Waals surface area contributed by atoms with Crippen molar-refractivity contribution in [3.05, 3.63) is 65.2 Å². The van der Waals surface area contributed by atoms with Gasteiger partial charge in [0, 0.05) is 6.42 Å². The van der Waals surface area contributed by atoms with Crippen molar-refractivity contribution < 1.29 is 26.7 Å². The van der Waals surface area contributed by atoms with Gasteiger partial charge in [0.1, 0.15) is 11.8 Å². The second kappa shape index (κ2) is 5.87. The van der Waals surface area contributed by atoms with Crippen LogP contribution in [0.3, 0.4) is 0 Å². The number of rotatable bonds is 2. The van der Waals surface area contributed by atoms with Gasteiger partial charge < -0.3 is 5.32 Å². The van der Waals surface area contributed by atoms with Crippen molar-refractivity contribution >= 4 is 17.4 Å².